The van der Waals surface area contributed by atoms with Crippen LogP contribution in [0.15, 0.2) is 18.3 Å². The first-order valence-electron chi connectivity index (χ1n) is 5.25. The third-order valence-electron chi connectivity index (χ3n) is 1.97. The zero-order chi connectivity index (χ0) is 12.7. The summed E-state index contributed by atoms with van der Waals surface area (Å²) >= 11 is 0. The van der Waals surface area contributed by atoms with E-state index in [9.17, 15) is 14.9 Å². The molecular formula is C10H14N4O3. The van der Waals surface area contributed by atoms with Crippen molar-refractivity contribution in [2.24, 2.45) is 0 Å². The number of amides is 1. The van der Waals surface area contributed by atoms with E-state index in [0.717, 1.165) is 6.42 Å². The van der Waals surface area contributed by atoms with Gasteiger partial charge in [0.15, 0.2) is 0 Å². The molecule has 1 rings (SSSR count). The third kappa shape index (κ3) is 4.06. The Morgan fingerprint density at radius 2 is 2.35 bits per heavy atom. The molecule has 2 N–H and O–H groups in total. The Morgan fingerprint density at radius 3 is 3.00 bits per heavy atom. The fraction of sp³-hybridized carbons (Fsp3) is 0.400. The molecule has 0 saturated heterocycles. The fourth-order valence-electron chi connectivity index (χ4n) is 1.17. The Balaban J connectivity index is 2.57. The smallest absolute Gasteiger partial charge is 0.311 e. The Kier molecular flexibility index (Phi) is 4.86. The van der Waals surface area contributed by atoms with E-state index in [1.165, 1.54) is 18.3 Å². The number of carbonyl (C=O) groups is 1. The maximum atomic E-state index is 11.3. The Bertz CT molecular complexity index is 408. The first-order chi connectivity index (χ1) is 8.15. The second-order valence-corrected chi connectivity index (χ2v) is 3.33. The van der Waals surface area contributed by atoms with Crippen molar-refractivity contribution in [3.8, 4) is 0 Å². The van der Waals surface area contributed by atoms with Gasteiger partial charge in [0, 0.05) is 18.8 Å². The molecule has 0 fully saturated rings. The van der Waals surface area contributed by atoms with Gasteiger partial charge in [-0.15, -0.1) is 0 Å². The lowest BCUT2D eigenvalue weighted by Gasteiger charge is -2.06. The lowest BCUT2D eigenvalue weighted by Crippen LogP contribution is -2.30. The van der Waals surface area contributed by atoms with Crippen LogP contribution in [0, 0.1) is 10.1 Å². The van der Waals surface area contributed by atoms with Gasteiger partial charge in [0.1, 0.15) is 0 Å². The van der Waals surface area contributed by atoms with Gasteiger partial charge in [-0.25, -0.2) is 4.98 Å². The average molecular weight is 238 g/mol. The highest BCUT2D eigenvalue weighted by Crippen LogP contribution is 2.19. The maximum Gasteiger partial charge on any atom is 0.311 e. The molecule has 0 saturated carbocycles. The summed E-state index contributed by atoms with van der Waals surface area (Å²) in [6.07, 6.45) is 2.27. The van der Waals surface area contributed by atoms with Gasteiger partial charge in [0.05, 0.1) is 11.5 Å². The summed E-state index contributed by atoms with van der Waals surface area (Å²) in [5, 5.41) is 16.0. The number of nitrogens with one attached hydrogen (secondary N) is 2. The average Bonchev–Trinajstić information content (AvgIpc) is 2.34. The minimum Gasteiger partial charge on any atom is -0.355 e. The molecule has 1 aromatic rings. The molecule has 1 heterocycles. The van der Waals surface area contributed by atoms with Crippen LogP contribution in [0.2, 0.25) is 0 Å². The summed E-state index contributed by atoms with van der Waals surface area (Å²) in [7, 11) is 0. The van der Waals surface area contributed by atoms with Gasteiger partial charge in [0.2, 0.25) is 11.7 Å². The largest absolute Gasteiger partial charge is 0.355 e. The minimum atomic E-state index is -0.542. The Morgan fingerprint density at radius 1 is 1.59 bits per heavy atom. The molecule has 0 aliphatic heterocycles. The van der Waals surface area contributed by atoms with Gasteiger partial charge in [0.25, 0.3) is 0 Å². The monoisotopic (exact) mass is 238 g/mol. The van der Waals surface area contributed by atoms with Crippen LogP contribution in [0.25, 0.3) is 0 Å². The zero-order valence-electron chi connectivity index (χ0n) is 9.47. The summed E-state index contributed by atoms with van der Waals surface area (Å²) in [5.41, 5.74) is -0.143. The molecule has 0 atom stereocenters. The predicted molar refractivity (Wildman–Crippen MR) is 62.7 cm³/mol. The molecule has 7 heteroatoms. The number of aromatic nitrogens is 1. The Hall–Kier alpha value is -2.18. The second-order valence-electron chi connectivity index (χ2n) is 3.33. The second kappa shape index (κ2) is 6.41. The molecule has 1 aromatic heterocycles. The molecule has 0 spiro atoms. The molecule has 7 nitrogen and oxygen atoms in total. The summed E-state index contributed by atoms with van der Waals surface area (Å²) in [6.45, 7) is 2.50. The normalized spacial score (nSPS) is 9.71. The van der Waals surface area contributed by atoms with Crippen molar-refractivity contribution in [1.82, 2.24) is 10.3 Å². The summed E-state index contributed by atoms with van der Waals surface area (Å²) in [5.74, 6) is -0.115. The molecule has 0 unspecified atom stereocenters. The van der Waals surface area contributed by atoms with Crippen molar-refractivity contribution < 1.29 is 9.72 Å². The first-order valence-corrected chi connectivity index (χ1v) is 5.25. The first kappa shape index (κ1) is 12.9. The van der Waals surface area contributed by atoms with Crippen LogP contribution < -0.4 is 10.6 Å². The lowest BCUT2D eigenvalue weighted by molar-refractivity contribution is -0.384. The molecule has 0 bridgehead atoms. The van der Waals surface area contributed by atoms with Crippen LogP contribution in [-0.2, 0) is 4.79 Å². The van der Waals surface area contributed by atoms with Gasteiger partial charge >= 0.3 is 5.69 Å². The number of hydrogen-bond donors (Lipinski definition) is 2. The van der Waals surface area contributed by atoms with Crippen molar-refractivity contribution in [2.45, 2.75) is 13.3 Å². The van der Waals surface area contributed by atoms with Gasteiger partial charge < -0.3 is 10.6 Å². The van der Waals surface area contributed by atoms with Gasteiger partial charge in [-0.1, -0.05) is 6.92 Å². The standard InChI is InChI=1S/C10H14N4O3/c1-2-5-11-9(15)7-13-10-8(14(16)17)4-3-6-12-10/h3-4,6H,2,5,7H2,1H3,(H,11,15)(H,12,13). The van der Waals surface area contributed by atoms with Gasteiger partial charge in [-0.3, -0.25) is 14.9 Å². The highest BCUT2D eigenvalue weighted by molar-refractivity contribution is 5.81. The van der Waals surface area contributed by atoms with Crippen LogP contribution >= 0.6 is 0 Å². The lowest BCUT2D eigenvalue weighted by atomic mass is 10.4. The summed E-state index contributed by atoms with van der Waals surface area (Å²) < 4.78 is 0. The topological polar surface area (TPSA) is 97.2 Å². The van der Waals surface area contributed by atoms with Gasteiger partial charge in [-0.2, -0.15) is 0 Å². The van der Waals surface area contributed by atoms with E-state index in [1.54, 1.807) is 0 Å². The van der Waals surface area contributed by atoms with E-state index >= 15 is 0 Å². The van der Waals surface area contributed by atoms with E-state index in [1.807, 2.05) is 6.92 Å². The van der Waals surface area contributed by atoms with Crippen LogP contribution in [0.1, 0.15) is 13.3 Å². The molecule has 0 aliphatic carbocycles. The molecule has 1 amide bonds. The quantitative estimate of drug-likeness (QED) is 0.567. The highest BCUT2D eigenvalue weighted by Gasteiger charge is 2.14. The van der Waals surface area contributed by atoms with Crippen molar-refractivity contribution in [1.29, 1.82) is 0 Å². The van der Waals surface area contributed by atoms with E-state index in [4.69, 9.17) is 0 Å². The molecule has 17 heavy (non-hydrogen) atoms. The number of nitrogens with zero attached hydrogens (tertiary/aromatic N) is 2. The van der Waals surface area contributed by atoms with Gasteiger partial charge in [-0.05, 0) is 12.5 Å². The summed E-state index contributed by atoms with van der Waals surface area (Å²) in [4.78, 5) is 25.2. The van der Waals surface area contributed by atoms with E-state index < -0.39 is 4.92 Å². The Labute approximate surface area is 98.4 Å². The number of pyridine rings is 1. The number of carbonyl (C=O) groups excluding carboxylic acids is 1. The molecule has 0 radical (unpaired) electrons. The highest BCUT2D eigenvalue weighted by atomic mass is 16.6. The van der Waals surface area contributed by atoms with Crippen molar-refractivity contribution >= 4 is 17.4 Å². The number of nitro groups is 1. The van der Waals surface area contributed by atoms with Crippen LogP contribution in [-0.4, -0.2) is 28.9 Å². The molecule has 0 aliphatic rings. The minimum absolute atomic E-state index is 0.0299. The maximum absolute atomic E-state index is 11.3. The van der Waals surface area contributed by atoms with Crippen molar-refractivity contribution in [3.63, 3.8) is 0 Å². The van der Waals surface area contributed by atoms with Crippen LogP contribution in [0.5, 0.6) is 0 Å². The third-order valence-corrected chi connectivity index (χ3v) is 1.97. The molecule has 0 aromatic carbocycles. The van der Waals surface area contributed by atoms with E-state index in [2.05, 4.69) is 15.6 Å². The zero-order valence-corrected chi connectivity index (χ0v) is 9.47. The van der Waals surface area contributed by atoms with Crippen LogP contribution in [0.4, 0.5) is 11.5 Å². The number of anilines is 1. The fourth-order valence-corrected chi connectivity index (χ4v) is 1.17. The molecule has 92 valence electrons. The van der Waals surface area contributed by atoms with E-state index in [0.29, 0.717) is 6.54 Å². The SMILES string of the molecule is CCCNC(=O)CNc1ncccc1[N+](=O)[O-]. The van der Waals surface area contributed by atoms with Crippen molar-refractivity contribution in [2.75, 3.05) is 18.4 Å². The van der Waals surface area contributed by atoms with E-state index in [-0.39, 0.29) is 24.0 Å². The number of hydrogen-bond acceptors (Lipinski definition) is 5. The molecular weight excluding hydrogens is 224 g/mol. The van der Waals surface area contributed by atoms with Crippen molar-refractivity contribution in [3.05, 3.63) is 28.4 Å². The predicted octanol–water partition coefficient (Wildman–Crippen LogP) is 0.928. The summed E-state index contributed by atoms with van der Waals surface area (Å²) in [6, 6.07) is 2.81. The number of rotatable bonds is 6. The van der Waals surface area contributed by atoms with Crippen LogP contribution in [0.3, 0.4) is 0 Å².